The van der Waals surface area contributed by atoms with Crippen LogP contribution in [0, 0.1) is 0 Å². The minimum absolute atomic E-state index is 0.152. The van der Waals surface area contributed by atoms with Crippen LogP contribution in [0.3, 0.4) is 0 Å². The maximum absolute atomic E-state index is 10.8. The van der Waals surface area contributed by atoms with Gasteiger partial charge in [-0.3, -0.25) is 4.79 Å². The van der Waals surface area contributed by atoms with Crippen LogP contribution in [-0.4, -0.2) is 54.4 Å². The molecular weight excluding hydrogens is 243 g/mol. The lowest BCUT2D eigenvalue weighted by atomic mass is 10.3. The third kappa shape index (κ3) is 6.10. The first-order chi connectivity index (χ1) is 7.68. The lowest BCUT2D eigenvalue weighted by molar-refractivity contribution is -0.192. The summed E-state index contributed by atoms with van der Waals surface area (Å²) in [5.74, 6) is -2.60. The van der Waals surface area contributed by atoms with E-state index in [4.69, 9.17) is 14.6 Å². The lowest BCUT2D eigenvalue weighted by Gasteiger charge is -2.12. The van der Waals surface area contributed by atoms with Crippen molar-refractivity contribution in [2.24, 2.45) is 0 Å². The van der Waals surface area contributed by atoms with Gasteiger partial charge in [-0.05, 0) is 6.42 Å². The monoisotopic (exact) mass is 257 g/mol. The van der Waals surface area contributed by atoms with Crippen molar-refractivity contribution in [3.8, 4) is 0 Å². The average Bonchev–Trinajstić information content (AvgIpc) is 2.65. The molecular formula is C9H14F3NO4. The zero-order chi connectivity index (χ0) is 13.6. The fraction of sp³-hybridized carbons (Fsp3) is 0.778. The van der Waals surface area contributed by atoms with Crippen LogP contribution in [0.15, 0.2) is 0 Å². The molecule has 1 aliphatic rings. The summed E-state index contributed by atoms with van der Waals surface area (Å²) in [6.07, 6.45) is -3.83. The van der Waals surface area contributed by atoms with Gasteiger partial charge in [0.05, 0.1) is 6.10 Å². The summed E-state index contributed by atoms with van der Waals surface area (Å²) in [4.78, 5) is 21.5. The second-order valence-corrected chi connectivity index (χ2v) is 3.41. The highest BCUT2D eigenvalue weighted by molar-refractivity contribution is 5.73. The predicted octanol–water partition coefficient (Wildman–Crippen LogP) is 0.887. The molecule has 0 aromatic heterocycles. The van der Waals surface area contributed by atoms with Crippen LogP contribution in [0.4, 0.5) is 13.2 Å². The second kappa shape index (κ2) is 6.43. The molecule has 0 bridgehead atoms. The standard InChI is InChI=1S/C7H13NO2.C2HF3O2/c1-6(9)8-4-3-7(5-8)10-2;3-2(4,5)1(6)7/h7H,3-5H2,1-2H3;(H,6,7). The Bertz CT molecular complexity index is 280. The number of ether oxygens (including phenoxy) is 1. The molecule has 0 aromatic rings. The Morgan fingerprint density at radius 3 is 2.06 bits per heavy atom. The maximum Gasteiger partial charge on any atom is 0.490 e. The Hall–Kier alpha value is -1.31. The predicted molar refractivity (Wildman–Crippen MR) is 51.4 cm³/mol. The van der Waals surface area contributed by atoms with Crippen molar-refractivity contribution in [3.05, 3.63) is 0 Å². The highest BCUT2D eigenvalue weighted by Gasteiger charge is 2.38. The van der Waals surface area contributed by atoms with E-state index in [1.54, 1.807) is 14.0 Å². The number of likely N-dealkylation sites (tertiary alicyclic amines) is 1. The number of hydrogen-bond donors (Lipinski definition) is 1. The Morgan fingerprint density at radius 1 is 1.41 bits per heavy atom. The highest BCUT2D eigenvalue weighted by atomic mass is 19.4. The van der Waals surface area contributed by atoms with E-state index in [-0.39, 0.29) is 12.0 Å². The van der Waals surface area contributed by atoms with Gasteiger partial charge in [-0.25, -0.2) is 4.79 Å². The smallest absolute Gasteiger partial charge is 0.475 e. The Labute approximate surface area is 96.1 Å². The van der Waals surface area contributed by atoms with E-state index in [1.165, 1.54) is 0 Å². The van der Waals surface area contributed by atoms with Gasteiger partial charge in [0.25, 0.3) is 0 Å². The molecule has 0 aliphatic carbocycles. The van der Waals surface area contributed by atoms with Gasteiger partial charge in [0.15, 0.2) is 0 Å². The van der Waals surface area contributed by atoms with Crippen molar-refractivity contribution >= 4 is 11.9 Å². The van der Waals surface area contributed by atoms with Crippen LogP contribution >= 0.6 is 0 Å². The van der Waals surface area contributed by atoms with Crippen molar-refractivity contribution < 1.29 is 32.6 Å². The minimum atomic E-state index is -5.08. The van der Waals surface area contributed by atoms with Crippen molar-refractivity contribution in [1.29, 1.82) is 0 Å². The van der Waals surface area contributed by atoms with E-state index < -0.39 is 12.1 Å². The number of carbonyl (C=O) groups is 2. The first-order valence-corrected chi connectivity index (χ1v) is 4.77. The topological polar surface area (TPSA) is 66.8 Å². The Kier molecular flexibility index (Phi) is 5.94. The van der Waals surface area contributed by atoms with Crippen molar-refractivity contribution in [3.63, 3.8) is 0 Å². The SMILES string of the molecule is COC1CCN(C(C)=O)C1.O=C(O)C(F)(F)F. The zero-order valence-corrected chi connectivity index (χ0v) is 9.45. The van der Waals surface area contributed by atoms with Crippen molar-refractivity contribution in [1.82, 2.24) is 4.90 Å². The summed E-state index contributed by atoms with van der Waals surface area (Å²) in [6.45, 7) is 3.22. The summed E-state index contributed by atoms with van der Waals surface area (Å²) in [6, 6.07) is 0. The van der Waals surface area contributed by atoms with Gasteiger partial charge in [0.1, 0.15) is 0 Å². The van der Waals surface area contributed by atoms with E-state index in [2.05, 4.69) is 0 Å². The first-order valence-electron chi connectivity index (χ1n) is 4.77. The van der Waals surface area contributed by atoms with Gasteiger partial charge in [0.2, 0.25) is 5.91 Å². The van der Waals surface area contributed by atoms with Crippen LogP contribution < -0.4 is 0 Å². The summed E-state index contributed by atoms with van der Waals surface area (Å²) in [5.41, 5.74) is 0. The molecule has 0 spiro atoms. The number of carbonyl (C=O) groups excluding carboxylic acids is 1. The Morgan fingerprint density at radius 2 is 1.88 bits per heavy atom. The van der Waals surface area contributed by atoms with Gasteiger partial charge in [-0.15, -0.1) is 0 Å². The third-order valence-electron chi connectivity index (χ3n) is 2.17. The Balaban J connectivity index is 0.000000325. The molecule has 1 heterocycles. The van der Waals surface area contributed by atoms with Gasteiger partial charge in [-0.1, -0.05) is 0 Å². The molecule has 1 saturated heterocycles. The normalized spacial score (nSPS) is 19.6. The number of halogens is 3. The molecule has 0 radical (unpaired) electrons. The maximum atomic E-state index is 10.8. The van der Waals surface area contributed by atoms with E-state index in [0.29, 0.717) is 0 Å². The van der Waals surface area contributed by atoms with Crippen LogP contribution in [0.1, 0.15) is 13.3 Å². The number of hydrogen-bond acceptors (Lipinski definition) is 3. The number of rotatable bonds is 1. The van der Waals surface area contributed by atoms with Crippen LogP contribution in [0.2, 0.25) is 0 Å². The zero-order valence-electron chi connectivity index (χ0n) is 9.45. The van der Waals surface area contributed by atoms with E-state index in [0.717, 1.165) is 19.5 Å². The molecule has 1 aliphatic heterocycles. The van der Waals surface area contributed by atoms with E-state index in [9.17, 15) is 18.0 Å². The fourth-order valence-electron chi connectivity index (χ4n) is 1.21. The van der Waals surface area contributed by atoms with Crippen LogP contribution in [0.5, 0.6) is 0 Å². The number of carboxylic acids is 1. The number of alkyl halides is 3. The molecule has 1 atom stereocenters. The molecule has 1 amide bonds. The quantitative estimate of drug-likeness (QED) is 0.757. The van der Waals surface area contributed by atoms with E-state index in [1.807, 2.05) is 4.90 Å². The molecule has 0 saturated carbocycles. The molecule has 17 heavy (non-hydrogen) atoms. The van der Waals surface area contributed by atoms with Gasteiger partial charge >= 0.3 is 12.1 Å². The van der Waals surface area contributed by atoms with Crippen molar-refractivity contribution in [2.75, 3.05) is 20.2 Å². The summed E-state index contributed by atoms with van der Waals surface area (Å²) in [5, 5.41) is 7.12. The third-order valence-corrected chi connectivity index (χ3v) is 2.17. The molecule has 0 aromatic carbocycles. The molecule has 5 nitrogen and oxygen atoms in total. The number of carboxylic acid groups (broad SMARTS) is 1. The summed E-state index contributed by atoms with van der Waals surface area (Å²) in [7, 11) is 1.69. The summed E-state index contributed by atoms with van der Waals surface area (Å²) < 4.78 is 36.8. The second-order valence-electron chi connectivity index (χ2n) is 3.41. The largest absolute Gasteiger partial charge is 0.490 e. The van der Waals surface area contributed by atoms with Crippen LogP contribution in [0.25, 0.3) is 0 Å². The number of nitrogens with zero attached hydrogens (tertiary/aromatic N) is 1. The number of amides is 1. The number of methoxy groups -OCH3 is 1. The molecule has 1 unspecified atom stereocenters. The number of aliphatic carboxylic acids is 1. The van der Waals surface area contributed by atoms with Crippen LogP contribution in [-0.2, 0) is 14.3 Å². The van der Waals surface area contributed by atoms with Gasteiger partial charge < -0.3 is 14.7 Å². The highest BCUT2D eigenvalue weighted by Crippen LogP contribution is 2.13. The molecule has 1 N–H and O–H groups in total. The summed E-state index contributed by atoms with van der Waals surface area (Å²) >= 11 is 0. The average molecular weight is 257 g/mol. The van der Waals surface area contributed by atoms with Gasteiger partial charge in [-0.2, -0.15) is 13.2 Å². The van der Waals surface area contributed by atoms with Gasteiger partial charge in [0, 0.05) is 27.1 Å². The minimum Gasteiger partial charge on any atom is -0.475 e. The first kappa shape index (κ1) is 15.7. The molecule has 1 rings (SSSR count). The van der Waals surface area contributed by atoms with E-state index >= 15 is 0 Å². The molecule has 1 fully saturated rings. The van der Waals surface area contributed by atoms with Crippen molar-refractivity contribution in [2.45, 2.75) is 25.6 Å². The lowest BCUT2D eigenvalue weighted by Crippen LogP contribution is -2.27. The fourth-order valence-corrected chi connectivity index (χ4v) is 1.21. The molecule has 100 valence electrons. The molecule has 8 heteroatoms.